The first-order chi connectivity index (χ1) is 10.8. The minimum absolute atomic E-state index is 0.0299. The van der Waals surface area contributed by atoms with Crippen LogP contribution in [0.4, 0.5) is 17.6 Å². The van der Waals surface area contributed by atoms with Crippen LogP contribution in [0.25, 0.3) is 0 Å². The fraction of sp³-hybridized carbons (Fsp3) is 0.400. The van der Waals surface area contributed by atoms with Crippen LogP contribution in [-0.4, -0.2) is 12.0 Å². The molecule has 0 amide bonds. The van der Waals surface area contributed by atoms with Gasteiger partial charge in [0.2, 0.25) is 0 Å². The maximum Gasteiger partial charge on any atom is 0.416 e. The molecule has 4 nitrogen and oxygen atoms in total. The Bertz CT molecular complexity index is 646. The summed E-state index contributed by atoms with van der Waals surface area (Å²) in [6.45, 7) is 0.205. The van der Waals surface area contributed by atoms with E-state index >= 15 is 0 Å². The lowest BCUT2D eigenvalue weighted by Gasteiger charge is -2.36. The van der Waals surface area contributed by atoms with Crippen molar-refractivity contribution in [3.63, 3.8) is 0 Å². The second kappa shape index (κ2) is 5.52. The summed E-state index contributed by atoms with van der Waals surface area (Å²) in [5, 5.41) is 5.94. The topological polar surface area (TPSA) is 62.4 Å². The van der Waals surface area contributed by atoms with E-state index in [-0.39, 0.29) is 18.3 Å². The van der Waals surface area contributed by atoms with Crippen LogP contribution in [-0.2, 0) is 12.7 Å². The van der Waals surface area contributed by atoms with Gasteiger partial charge in [0.1, 0.15) is 5.66 Å². The maximum atomic E-state index is 14.5. The highest BCUT2D eigenvalue weighted by Crippen LogP contribution is 2.43. The van der Waals surface area contributed by atoms with E-state index in [1.165, 1.54) is 18.5 Å². The standard InChI is InChI=1S/C15H16F4N4/c16-12-13(20)21-8-23-14(12,10-5-6-10)22-7-9-1-3-11(4-2-9)15(17,18)19/h1-4,8,10,22H,5-7,20H2,(H,21,23). The van der Waals surface area contributed by atoms with Crippen LogP contribution in [0.15, 0.2) is 40.9 Å². The third kappa shape index (κ3) is 3.03. The average Bonchev–Trinajstić information content (AvgIpc) is 3.34. The van der Waals surface area contributed by atoms with E-state index in [9.17, 15) is 17.6 Å². The molecule has 1 saturated carbocycles. The van der Waals surface area contributed by atoms with Gasteiger partial charge >= 0.3 is 6.18 Å². The van der Waals surface area contributed by atoms with Crippen LogP contribution in [0.5, 0.6) is 0 Å². The van der Waals surface area contributed by atoms with E-state index in [1.54, 1.807) is 0 Å². The van der Waals surface area contributed by atoms with Gasteiger partial charge in [-0.1, -0.05) is 12.1 Å². The Kier molecular flexibility index (Phi) is 3.79. The first kappa shape index (κ1) is 15.8. The molecule has 1 aliphatic carbocycles. The number of hydrogen-bond donors (Lipinski definition) is 3. The molecule has 23 heavy (non-hydrogen) atoms. The fourth-order valence-corrected chi connectivity index (χ4v) is 2.67. The van der Waals surface area contributed by atoms with Crippen molar-refractivity contribution < 1.29 is 17.6 Å². The average molecular weight is 328 g/mol. The van der Waals surface area contributed by atoms with Gasteiger partial charge in [0, 0.05) is 12.5 Å². The van der Waals surface area contributed by atoms with Gasteiger partial charge in [-0.25, -0.2) is 9.38 Å². The number of alkyl halides is 3. The summed E-state index contributed by atoms with van der Waals surface area (Å²) in [6.07, 6.45) is -1.36. The minimum atomic E-state index is -4.37. The second-order valence-electron chi connectivity index (χ2n) is 5.73. The summed E-state index contributed by atoms with van der Waals surface area (Å²) in [4.78, 5) is 3.69. The Morgan fingerprint density at radius 3 is 2.48 bits per heavy atom. The van der Waals surface area contributed by atoms with Crippen LogP contribution in [0, 0.1) is 5.92 Å². The van der Waals surface area contributed by atoms with E-state index in [0.29, 0.717) is 5.56 Å². The molecular weight excluding hydrogens is 312 g/mol. The van der Waals surface area contributed by atoms with Crippen LogP contribution >= 0.6 is 0 Å². The number of aliphatic imine (C=N–C) groups is 1. The lowest BCUT2D eigenvalue weighted by molar-refractivity contribution is -0.137. The van der Waals surface area contributed by atoms with Gasteiger partial charge in [-0.05, 0) is 30.5 Å². The Morgan fingerprint density at radius 2 is 1.91 bits per heavy atom. The molecule has 1 unspecified atom stereocenters. The fourth-order valence-electron chi connectivity index (χ4n) is 2.67. The molecule has 1 atom stereocenters. The number of hydrogen-bond acceptors (Lipinski definition) is 4. The van der Waals surface area contributed by atoms with Crippen LogP contribution < -0.4 is 16.4 Å². The van der Waals surface area contributed by atoms with E-state index in [4.69, 9.17) is 5.73 Å². The van der Waals surface area contributed by atoms with Gasteiger partial charge in [0.15, 0.2) is 11.6 Å². The number of nitrogens with two attached hydrogens (primary N) is 1. The zero-order valence-electron chi connectivity index (χ0n) is 12.1. The maximum absolute atomic E-state index is 14.5. The molecule has 0 aromatic heterocycles. The molecular formula is C15H16F4N4. The van der Waals surface area contributed by atoms with Crippen molar-refractivity contribution >= 4 is 6.34 Å². The first-order valence-electron chi connectivity index (χ1n) is 7.20. The van der Waals surface area contributed by atoms with Crippen LogP contribution in [0.2, 0.25) is 0 Å². The molecule has 0 spiro atoms. The predicted octanol–water partition coefficient (Wildman–Crippen LogP) is 2.63. The lowest BCUT2D eigenvalue weighted by Crippen LogP contribution is -2.60. The summed E-state index contributed by atoms with van der Waals surface area (Å²) in [6, 6.07) is 4.77. The van der Waals surface area contributed by atoms with E-state index in [1.807, 2.05) is 0 Å². The van der Waals surface area contributed by atoms with Crippen molar-refractivity contribution in [2.75, 3.05) is 0 Å². The lowest BCUT2D eigenvalue weighted by atomic mass is 10.0. The molecule has 1 fully saturated rings. The summed E-state index contributed by atoms with van der Waals surface area (Å²) < 4.78 is 52.1. The highest BCUT2D eigenvalue weighted by atomic mass is 19.4. The Balaban J connectivity index is 1.75. The van der Waals surface area contributed by atoms with Crippen molar-refractivity contribution in [2.45, 2.75) is 31.2 Å². The van der Waals surface area contributed by atoms with Crippen molar-refractivity contribution in [3.05, 3.63) is 47.0 Å². The van der Waals surface area contributed by atoms with Crippen LogP contribution in [0.1, 0.15) is 24.0 Å². The van der Waals surface area contributed by atoms with Gasteiger partial charge < -0.3 is 11.1 Å². The number of benzene rings is 1. The highest BCUT2D eigenvalue weighted by Gasteiger charge is 2.50. The molecule has 2 aliphatic rings. The van der Waals surface area contributed by atoms with E-state index in [0.717, 1.165) is 25.0 Å². The summed E-state index contributed by atoms with van der Waals surface area (Å²) >= 11 is 0. The minimum Gasteiger partial charge on any atom is -0.381 e. The molecule has 0 radical (unpaired) electrons. The Labute approximate surface area is 130 Å². The summed E-state index contributed by atoms with van der Waals surface area (Å²) in [5.74, 6) is -0.729. The monoisotopic (exact) mass is 328 g/mol. The van der Waals surface area contributed by atoms with Crippen LogP contribution in [0.3, 0.4) is 0 Å². The molecule has 4 N–H and O–H groups in total. The highest BCUT2D eigenvalue weighted by molar-refractivity contribution is 5.61. The number of halogens is 4. The van der Waals surface area contributed by atoms with E-state index in [2.05, 4.69) is 15.6 Å². The van der Waals surface area contributed by atoms with E-state index < -0.39 is 23.2 Å². The molecule has 1 aromatic rings. The van der Waals surface area contributed by atoms with Gasteiger partial charge in [-0.3, -0.25) is 5.32 Å². The van der Waals surface area contributed by atoms with Gasteiger partial charge in [-0.15, -0.1) is 0 Å². The molecule has 1 aromatic carbocycles. The molecule has 124 valence electrons. The van der Waals surface area contributed by atoms with Gasteiger partial charge in [-0.2, -0.15) is 13.2 Å². The van der Waals surface area contributed by atoms with Crippen molar-refractivity contribution in [3.8, 4) is 0 Å². The number of nitrogens with zero attached hydrogens (tertiary/aromatic N) is 1. The smallest absolute Gasteiger partial charge is 0.381 e. The third-order valence-corrected chi connectivity index (χ3v) is 4.11. The largest absolute Gasteiger partial charge is 0.416 e. The van der Waals surface area contributed by atoms with Gasteiger partial charge in [0.25, 0.3) is 0 Å². The number of nitrogens with one attached hydrogen (secondary N) is 2. The molecule has 1 heterocycles. The molecule has 8 heteroatoms. The SMILES string of the molecule is NC1=C(F)C(NCc2ccc(C(F)(F)F)cc2)(C2CC2)NC=N1. The normalized spacial score (nSPS) is 24.7. The molecule has 1 aliphatic heterocycles. The second-order valence-corrected chi connectivity index (χ2v) is 5.73. The Hall–Kier alpha value is -2.09. The summed E-state index contributed by atoms with van der Waals surface area (Å²) in [7, 11) is 0. The zero-order valence-corrected chi connectivity index (χ0v) is 12.1. The van der Waals surface area contributed by atoms with Crippen molar-refractivity contribution in [1.29, 1.82) is 0 Å². The molecule has 0 bridgehead atoms. The molecule has 0 saturated heterocycles. The van der Waals surface area contributed by atoms with Crippen molar-refractivity contribution in [2.24, 2.45) is 16.6 Å². The first-order valence-corrected chi connectivity index (χ1v) is 7.20. The van der Waals surface area contributed by atoms with Crippen molar-refractivity contribution in [1.82, 2.24) is 10.6 Å². The van der Waals surface area contributed by atoms with Gasteiger partial charge in [0.05, 0.1) is 11.9 Å². The summed E-state index contributed by atoms with van der Waals surface area (Å²) in [5.41, 5.74) is 4.33. The Morgan fingerprint density at radius 1 is 1.26 bits per heavy atom. The molecule has 3 rings (SSSR count). The quantitative estimate of drug-likeness (QED) is 0.745. The predicted molar refractivity (Wildman–Crippen MR) is 77.7 cm³/mol. The third-order valence-electron chi connectivity index (χ3n) is 4.11. The number of rotatable bonds is 4. The zero-order chi connectivity index (χ0) is 16.7.